The first-order valence-electron chi connectivity index (χ1n) is 7.94. The van der Waals surface area contributed by atoms with Crippen molar-refractivity contribution in [3.05, 3.63) is 57.9 Å². The number of aromatic carboxylic acids is 1. The predicted molar refractivity (Wildman–Crippen MR) is 92.6 cm³/mol. The van der Waals surface area contributed by atoms with E-state index in [1.54, 1.807) is 6.92 Å². The summed E-state index contributed by atoms with van der Waals surface area (Å²) in [6, 6.07) is 5.97. The zero-order valence-corrected chi connectivity index (χ0v) is 13.5. The standard InChI is InChI=1S/C19H18N2O3/c1-9-6-7-14-13(8-9)16(18(22)21-14)12-5-3-4-11-15(19(23)24)10(2)20-17(11)12/h5-8,20-22H,3-4H2,1-2H3,(H,23,24). The number of allylic oxidation sites excluding steroid dienone is 1. The lowest BCUT2D eigenvalue weighted by Gasteiger charge is -2.15. The highest BCUT2D eigenvalue weighted by atomic mass is 16.4. The molecule has 2 heterocycles. The SMILES string of the molecule is Cc1ccc2[nH]c(O)c(C3=CCCc4c3[nH]c(C)c4C(=O)O)c2c1. The molecule has 1 aromatic carbocycles. The Bertz CT molecular complexity index is 1020. The molecule has 0 aliphatic heterocycles. The number of rotatable bonds is 2. The molecule has 1 aliphatic carbocycles. The Morgan fingerprint density at radius 1 is 1.21 bits per heavy atom. The Kier molecular flexibility index (Phi) is 3.06. The van der Waals surface area contributed by atoms with Crippen molar-refractivity contribution in [1.82, 2.24) is 9.97 Å². The number of fused-ring (bicyclic) bond motifs is 2. The van der Waals surface area contributed by atoms with E-state index in [0.717, 1.165) is 45.3 Å². The van der Waals surface area contributed by atoms with E-state index in [-0.39, 0.29) is 5.88 Å². The molecule has 122 valence electrons. The Morgan fingerprint density at radius 2 is 2.00 bits per heavy atom. The minimum absolute atomic E-state index is 0.110. The molecule has 0 amide bonds. The third-order valence-electron chi connectivity index (χ3n) is 4.72. The van der Waals surface area contributed by atoms with Crippen LogP contribution in [0.3, 0.4) is 0 Å². The van der Waals surface area contributed by atoms with Crippen molar-refractivity contribution in [2.24, 2.45) is 0 Å². The van der Waals surface area contributed by atoms with Crippen LogP contribution < -0.4 is 0 Å². The third kappa shape index (κ3) is 1.98. The largest absolute Gasteiger partial charge is 0.494 e. The summed E-state index contributed by atoms with van der Waals surface area (Å²) in [7, 11) is 0. The van der Waals surface area contributed by atoms with Crippen LogP contribution in [0, 0.1) is 13.8 Å². The lowest BCUT2D eigenvalue weighted by Crippen LogP contribution is -2.05. The molecule has 4 rings (SSSR count). The first-order chi connectivity index (χ1) is 11.5. The highest BCUT2D eigenvalue weighted by Crippen LogP contribution is 2.41. The fraction of sp³-hybridized carbons (Fsp3) is 0.211. The van der Waals surface area contributed by atoms with Gasteiger partial charge < -0.3 is 20.2 Å². The highest BCUT2D eigenvalue weighted by Gasteiger charge is 2.27. The maximum absolute atomic E-state index is 11.6. The van der Waals surface area contributed by atoms with Gasteiger partial charge in [0.2, 0.25) is 0 Å². The van der Waals surface area contributed by atoms with Gasteiger partial charge in [0.1, 0.15) is 0 Å². The number of aromatic amines is 2. The zero-order chi connectivity index (χ0) is 17.0. The van der Waals surface area contributed by atoms with E-state index in [9.17, 15) is 15.0 Å². The third-order valence-corrected chi connectivity index (χ3v) is 4.72. The molecule has 1 aliphatic rings. The molecule has 0 bridgehead atoms. The number of H-pyrrole nitrogens is 2. The molecule has 0 saturated heterocycles. The Balaban J connectivity index is 1.99. The summed E-state index contributed by atoms with van der Waals surface area (Å²) in [6.07, 6.45) is 3.50. The summed E-state index contributed by atoms with van der Waals surface area (Å²) in [5, 5.41) is 20.9. The van der Waals surface area contributed by atoms with Crippen LogP contribution in [-0.2, 0) is 6.42 Å². The number of carbonyl (C=O) groups is 1. The van der Waals surface area contributed by atoms with Gasteiger partial charge in [0.05, 0.1) is 16.8 Å². The van der Waals surface area contributed by atoms with Gasteiger partial charge in [-0.2, -0.15) is 0 Å². The zero-order valence-electron chi connectivity index (χ0n) is 13.5. The molecule has 0 spiro atoms. The van der Waals surface area contributed by atoms with E-state index in [1.807, 2.05) is 25.1 Å². The smallest absolute Gasteiger partial charge is 0.337 e. The molecular formula is C19H18N2O3. The van der Waals surface area contributed by atoms with Crippen LogP contribution in [0.15, 0.2) is 24.3 Å². The first kappa shape index (κ1) is 14.6. The number of aromatic hydroxyl groups is 1. The Labute approximate surface area is 138 Å². The van der Waals surface area contributed by atoms with Crippen molar-refractivity contribution < 1.29 is 15.0 Å². The van der Waals surface area contributed by atoms with Gasteiger partial charge in [-0.05, 0) is 44.4 Å². The van der Waals surface area contributed by atoms with Crippen LogP contribution in [0.2, 0.25) is 0 Å². The van der Waals surface area contributed by atoms with Crippen molar-refractivity contribution in [1.29, 1.82) is 0 Å². The van der Waals surface area contributed by atoms with Gasteiger partial charge in [-0.3, -0.25) is 0 Å². The van der Waals surface area contributed by atoms with Crippen LogP contribution in [0.4, 0.5) is 0 Å². The van der Waals surface area contributed by atoms with Crippen molar-refractivity contribution in [3.8, 4) is 5.88 Å². The van der Waals surface area contributed by atoms with Gasteiger partial charge in [-0.15, -0.1) is 0 Å². The minimum Gasteiger partial charge on any atom is -0.494 e. The maximum atomic E-state index is 11.6. The maximum Gasteiger partial charge on any atom is 0.337 e. The van der Waals surface area contributed by atoms with Crippen molar-refractivity contribution in [3.63, 3.8) is 0 Å². The molecule has 0 saturated carbocycles. The number of nitrogens with one attached hydrogen (secondary N) is 2. The number of carboxylic acids is 1. The monoisotopic (exact) mass is 322 g/mol. The molecule has 0 fully saturated rings. The number of hydrogen-bond donors (Lipinski definition) is 4. The lowest BCUT2D eigenvalue weighted by molar-refractivity contribution is 0.0695. The van der Waals surface area contributed by atoms with E-state index in [1.165, 1.54) is 0 Å². The van der Waals surface area contributed by atoms with Crippen molar-refractivity contribution in [2.45, 2.75) is 26.7 Å². The van der Waals surface area contributed by atoms with Gasteiger partial charge in [0, 0.05) is 22.2 Å². The van der Waals surface area contributed by atoms with Gasteiger partial charge in [0.15, 0.2) is 5.88 Å². The number of aryl methyl sites for hydroxylation is 2. The number of hydrogen-bond acceptors (Lipinski definition) is 2. The fourth-order valence-electron chi connectivity index (χ4n) is 3.70. The molecule has 0 atom stereocenters. The van der Waals surface area contributed by atoms with E-state index in [4.69, 9.17) is 0 Å². The summed E-state index contributed by atoms with van der Waals surface area (Å²) >= 11 is 0. The molecule has 2 aromatic heterocycles. The summed E-state index contributed by atoms with van der Waals surface area (Å²) < 4.78 is 0. The molecule has 5 heteroatoms. The second-order valence-electron chi connectivity index (χ2n) is 6.34. The first-order valence-corrected chi connectivity index (χ1v) is 7.94. The summed E-state index contributed by atoms with van der Waals surface area (Å²) in [6.45, 7) is 3.79. The number of benzene rings is 1. The molecule has 3 aromatic rings. The average Bonchev–Trinajstić information content (AvgIpc) is 3.02. The quantitative estimate of drug-likeness (QED) is 0.577. The topological polar surface area (TPSA) is 89.1 Å². The van der Waals surface area contributed by atoms with Crippen LogP contribution in [0.5, 0.6) is 5.88 Å². The van der Waals surface area contributed by atoms with Gasteiger partial charge in [-0.25, -0.2) is 4.79 Å². The van der Waals surface area contributed by atoms with Gasteiger partial charge in [-0.1, -0.05) is 17.7 Å². The van der Waals surface area contributed by atoms with E-state index in [0.29, 0.717) is 17.7 Å². The van der Waals surface area contributed by atoms with E-state index in [2.05, 4.69) is 16.0 Å². The molecule has 5 nitrogen and oxygen atoms in total. The van der Waals surface area contributed by atoms with Crippen LogP contribution in [0.1, 0.15) is 44.9 Å². The Hall–Kier alpha value is -2.95. The summed E-state index contributed by atoms with van der Waals surface area (Å²) in [5.41, 5.74) is 6.18. The highest BCUT2D eigenvalue weighted by molar-refractivity contribution is 6.02. The van der Waals surface area contributed by atoms with E-state index >= 15 is 0 Å². The summed E-state index contributed by atoms with van der Waals surface area (Å²) in [5.74, 6) is -0.802. The number of aromatic nitrogens is 2. The van der Waals surface area contributed by atoms with Crippen LogP contribution in [-0.4, -0.2) is 26.2 Å². The second kappa shape index (κ2) is 5.03. The Morgan fingerprint density at radius 3 is 2.75 bits per heavy atom. The molecule has 0 unspecified atom stereocenters. The molecule has 4 N–H and O–H groups in total. The fourth-order valence-corrected chi connectivity index (χ4v) is 3.70. The van der Waals surface area contributed by atoms with Gasteiger partial charge in [0.25, 0.3) is 0 Å². The average molecular weight is 322 g/mol. The summed E-state index contributed by atoms with van der Waals surface area (Å²) in [4.78, 5) is 17.8. The minimum atomic E-state index is -0.912. The number of carboxylic acid groups (broad SMARTS) is 1. The van der Waals surface area contributed by atoms with Crippen molar-refractivity contribution >= 4 is 22.4 Å². The lowest BCUT2D eigenvalue weighted by atomic mass is 9.89. The van der Waals surface area contributed by atoms with Crippen molar-refractivity contribution in [2.75, 3.05) is 0 Å². The normalized spacial score (nSPS) is 13.8. The molecule has 24 heavy (non-hydrogen) atoms. The van der Waals surface area contributed by atoms with Crippen LogP contribution >= 0.6 is 0 Å². The van der Waals surface area contributed by atoms with Crippen LogP contribution in [0.25, 0.3) is 16.5 Å². The van der Waals surface area contributed by atoms with Gasteiger partial charge >= 0.3 is 5.97 Å². The predicted octanol–water partition coefficient (Wildman–Crippen LogP) is 3.89. The molecular weight excluding hydrogens is 304 g/mol. The second-order valence-corrected chi connectivity index (χ2v) is 6.34. The van der Waals surface area contributed by atoms with E-state index < -0.39 is 5.97 Å². The molecule has 0 radical (unpaired) electrons.